The van der Waals surface area contributed by atoms with Gasteiger partial charge in [0.25, 0.3) is 0 Å². The predicted molar refractivity (Wildman–Crippen MR) is 89.3 cm³/mol. The van der Waals surface area contributed by atoms with Crippen LogP contribution in [0.15, 0.2) is 24.3 Å². The molecular weight excluding hydrogens is 270 g/mol. The predicted octanol–water partition coefficient (Wildman–Crippen LogP) is 4.57. The first-order valence-electron chi connectivity index (χ1n) is 8.48. The number of carbonyl (C=O) groups excluding carboxylic acids is 1. The van der Waals surface area contributed by atoms with Crippen LogP contribution in [-0.2, 0) is 17.6 Å². The van der Waals surface area contributed by atoms with Gasteiger partial charge in [0.05, 0.1) is 12.5 Å². The van der Waals surface area contributed by atoms with Gasteiger partial charge in [0.2, 0.25) is 0 Å². The van der Waals surface area contributed by atoms with E-state index in [4.69, 9.17) is 5.26 Å². The molecule has 0 heterocycles. The molecule has 1 aliphatic rings. The van der Waals surface area contributed by atoms with Crippen molar-refractivity contribution in [2.75, 3.05) is 0 Å². The molecule has 2 nitrogen and oxygen atoms in total. The van der Waals surface area contributed by atoms with Crippen molar-refractivity contribution in [1.29, 1.82) is 5.26 Å². The maximum atomic E-state index is 12.8. The smallest absolute Gasteiger partial charge is 0.140 e. The summed E-state index contributed by atoms with van der Waals surface area (Å²) in [7, 11) is 0. The van der Waals surface area contributed by atoms with Crippen molar-refractivity contribution < 1.29 is 4.79 Å². The van der Waals surface area contributed by atoms with Crippen LogP contribution < -0.4 is 0 Å². The van der Waals surface area contributed by atoms with E-state index in [1.807, 2.05) is 24.3 Å². The minimum absolute atomic E-state index is 0.225. The summed E-state index contributed by atoms with van der Waals surface area (Å²) >= 11 is 0. The Morgan fingerprint density at radius 2 is 1.86 bits per heavy atom. The van der Waals surface area contributed by atoms with Gasteiger partial charge < -0.3 is 0 Å². The molecule has 0 aliphatic heterocycles. The summed E-state index contributed by atoms with van der Waals surface area (Å²) in [5.41, 5.74) is 2.09. The Morgan fingerprint density at radius 3 is 2.45 bits per heavy atom. The number of nitrogens with zero attached hydrogens (tertiary/aromatic N) is 1. The molecule has 118 valence electrons. The lowest BCUT2D eigenvalue weighted by Crippen LogP contribution is -2.34. The summed E-state index contributed by atoms with van der Waals surface area (Å²) in [6, 6.07) is 10.1. The number of hydrogen-bond acceptors (Lipinski definition) is 2. The van der Waals surface area contributed by atoms with Crippen molar-refractivity contribution in [1.82, 2.24) is 0 Å². The molecule has 3 unspecified atom stereocenters. The summed E-state index contributed by atoms with van der Waals surface area (Å²) in [6.45, 7) is 6.77. The molecule has 3 atom stereocenters. The minimum Gasteiger partial charge on any atom is -0.299 e. The molecule has 0 bridgehead atoms. The van der Waals surface area contributed by atoms with Crippen LogP contribution in [0.4, 0.5) is 0 Å². The van der Waals surface area contributed by atoms with E-state index in [9.17, 15) is 4.79 Å². The third-order valence-corrected chi connectivity index (χ3v) is 5.12. The van der Waals surface area contributed by atoms with E-state index in [0.29, 0.717) is 36.4 Å². The van der Waals surface area contributed by atoms with E-state index in [2.05, 4.69) is 26.8 Å². The molecule has 2 rings (SSSR count). The van der Waals surface area contributed by atoms with Crippen LogP contribution in [0.2, 0.25) is 0 Å². The molecule has 0 saturated heterocycles. The fourth-order valence-corrected chi connectivity index (χ4v) is 3.77. The van der Waals surface area contributed by atoms with Crippen molar-refractivity contribution in [2.24, 2.45) is 23.7 Å². The maximum absolute atomic E-state index is 12.8. The van der Waals surface area contributed by atoms with Crippen molar-refractivity contribution in [3.8, 4) is 6.07 Å². The molecule has 0 spiro atoms. The monoisotopic (exact) mass is 297 g/mol. The van der Waals surface area contributed by atoms with Crippen molar-refractivity contribution in [3.63, 3.8) is 0 Å². The number of hydrogen-bond donors (Lipinski definition) is 0. The second-order valence-electron chi connectivity index (χ2n) is 7.23. The molecule has 0 amide bonds. The molecule has 1 saturated carbocycles. The molecule has 2 heteroatoms. The summed E-state index contributed by atoms with van der Waals surface area (Å²) in [5, 5.41) is 8.71. The van der Waals surface area contributed by atoms with Crippen molar-refractivity contribution in [2.45, 2.75) is 52.9 Å². The summed E-state index contributed by atoms with van der Waals surface area (Å²) in [6.07, 6.45) is 4.47. The molecular formula is C20H27NO. The molecule has 0 radical (unpaired) electrons. The van der Waals surface area contributed by atoms with E-state index >= 15 is 0 Å². The van der Waals surface area contributed by atoms with Crippen LogP contribution in [0, 0.1) is 35.0 Å². The Kier molecular flexibility index (Phi) is 5.77. The van der Waals surface area contributed by atoms with Gasteiger partial charge in [-0.25, -0.2) is 0 Å². The highest BCUT2D eigenvalue weighted by Crippen LogP contribution is 2.38. The second-order valence-corrected chi connectivity index (χ2v) is 7.23. The van der Waals surface area contributed by atoms with Gasteiger partial charge in [-0.15, -0.1) is 0 Å². The molecule has 0 aromatic heterocycles. The normalized spacial score (nSPS) is 25.0. The highest BCUT2D eigenvalue weighted by molar-refractivity contribution is 5.83. The largest absolute Gasteiger partial charge is 0.299 e. The van der Waals surface area contributed by atoms with Crippen LogP contribution >= 0.6 is 0 Å². The lowest BCUT2D eigenvalue weighted by molar-refractivity contribution is -0.126. The molecule has 1 aliphatic carbocycles. The van der Waals surface area contributed by atoms with E-state index in [0.717, 1.165) is 17.5 Å². The number of benzene rings is 1. The first kappa shape index (κ1) is 16.7. The van der Waals surface area contributed by atoms with E-state index < -0.39 is 0 Å². The maximum Gasteiger partial charge on any atom is 0.140 e. The Morgan fingerprint density at radius 1 is 1.23 bits per heavy atom. The van der Waals surface area contributed by atoms with Gasteiger partial charge in [-0.05, 0) is 41.7 Å². The number of rotatable bonds is 5. The van der Waals surface area contributed by atoms with Crippen molar-refractivity contribution >= 4 is 5.78 Å². The van der Waals surface area contributed by atoms with E-state index in [-0.39, 0.29) is 5.92 Å². The van der Waals surface area contributed by atoms with Gasteiger partial charge in [-0.2, -0.15) is 5.26 Å². The Labute approximate surface area is 134 Å². The van der Waals surface area contributed by atoms with Gasteiger partial charge in [0.15, 0.2) is 0 Å². The van der Waals surface area contributed by atoms with Crippen molar-refractivity contribution in [3.05, 3.63) is 35.4 Å². The molecule has 0 N–H and O–H groups in total. The van der Waals surface area contributed by atoms with Gasteiger partial charge in [0.1, 0.15) is 5.78 Å². The fourth-order valence-electron chi connectivity index (χ4n) is 3.77. The summed E-state index contributed by atoms with van der Waals surface area (Å²) < 4.78 is 0. The first-order valence-corrected chi connectivity index (χ1v) is 8.48. The average Bonchev–Trinajstić information content (AvgIpc) is 2.49. The summed E-state index contributed by atoms with van der Waals surface area (Å²) in [4.78, 5) is 12.8. The zero-order valence-corrected chi connectivity index (χ0v) is 14.0. The highest BCUT2D eigenvalue weighted by atomic mass is 16.1. The van der Waals surface area contributed by atoms with E-state index in [1.165, 1.54) is 12.8 Å². The number of nitriles is 1. The second kappa shape index (κ2) is 7.58. The zero-order valence-electron chi connectivity index (χ0n) is 14.0. The third-order valence-electron chi connectivity index (χ3n) is 5.12. The molecule has 1 aromatic carbocycles. The van der Waals surface area contributed by atoms with Crippen LogP contribution in [-0.4, -0.2) is 5.78 Å². The third kappa shape index (κ3) is 4.19. The number of ketones is 1. The number of Topliss-reactive ketones (excluding diaryl/α,β-unsaturated/α-hetero) is 1. The Balaban J connectivity index is 2.04. The lowest BCUT2D eigenvalue weighted by atomic mass is 9.68. The SMILES string of the molecule is CC1CCC(C(C)C)C(C(=O)Cc2ccc(CC#N)cc2)C1. The molecule has 22 heavy (non-hydrogen) atoms. The van der Waals surface area contributed by atoms with Gasteiger partial charge in [0, 0.05) is 12.3 Å². The number of carbonyl (C=O) groups is 1. The van der Waals surface area contributed by atoms with Gasteiger partial charge in [-0.1, -0.05) is 51.5 Å². The zero-order chi connectivity index (χ0) is 16.1. The van der Waals surface area contributed by atoms with Gasteiger partial charge in [-0.3, -0.25) is 4.79 Å². The van der Waals surface area contributed by atoms with Gasteiger partial charge >= 0.3 is 0 Å². The van der Waals surface area contributed by atoms with Crippen LogP contribution in [0.3, 0.4) is 0 Å². The van der Waals surface area contributed by atoms with Crippen LogP contribution in [0.5, 0.6) is 0 Å². The van der Waals surface area contributed by atoms with Crippen LogP contribution in [0.25, 0.3) is 0 Å². The topological polar surface area (TPSA) is 40.9 Å². The first-order chi connectivity index (χ1) is 10.5. The summed E-state index contributed by atoms with van der Waals surface area (Å²) in [5.74, 6) is 2.42. The van der Waals surface area contributed by atoms with Crippen LogP contribution in [0.1, 0.15) is 51.2 Å². The lowest BCUT2D eigenvalue weighted by Gasteiger charge is -2.36. The quantitative estimate of drug-likeness (QED) is 0.798. The average molecular weight is 297 g/mol. The molecule has 1 aromatic rings. The van der Waals surface area contributed by atoms with E-state index in [1.54, 1.807) is 0 Å². The minimum atomic E-state index is 0.225. The fraction of sp³-hybridized carbons (Fsp3) is 0.600. The molecule has 1 fully saturated rings. The Hall–Kier alpha value is -1.62. The standard InChI is InChI=1S/C20H27NO/c1-14(2)18-9-4-15(3)12-19(18)20(22)13-17-7-5-16(6-8-17)10-11-21/h5-8,14-15,18-19H,4,9-10,12-13H2,1-3H3. The highest BCUT2D eigenvalue weighted by Gasteiger charge is 2.34. The Bertz CT molecular complexity index is 538.